The van der Waals surface area contributed by atoms with E-state index < -0.39 is 0 Å². The van der Waals surface area contributed by atoms with Crippen LogP contribution in [0.25, 0.3) is 0 Å². The number of thioether (sulfide) groups is 1. The molecule has 0 heterocycles. The van der Waals surface area contributed by atoms with Crippen molar-refractivity contribution in [1.29, 1.82) is 0 Å². The standard InChI is InChI=1S/C17H28ClN3OS/c1-4-19-17(20-10-5-6-11-23-3)21-13-16(22-2)14-8-7-9-15(18)12-14/h7-9,12,16H,4-6,10-11,13H2,1-3H3,(H2,19,20,21). The first kappa shape index (κ1) is 20.1. The molecule has 0 aromatic heterocycles. The van der Waals surface area contributed by atoms with Crippen molar-refractivity contribution in [2.75, 3.05) is 38.8 Å². The van der Waals surface area contributed by atoms with E-state index in [1.54, 1.807) is 7.11 Å². The molecule has 23 heavy (non-hydrogen) atoms. The molecule has 0 aliphatic heterocycles. The lowest BCUT2D eigenvalue weighted by atomic mass is 10.1. The van der Waals surface area contributed by atoms with E-state index in [1.807, 2.05) is 36.0 Å². The van der Waals surface area contributed by atoms with Crippen LogP contribution >= 0.6 is 23.4 Å². The Morgan fingerprint density at radius 2 is 2.17 bits per heavy atom. The summed E-state index contributed by atoms with van der Waals surface area (Å²) in [6.45, 7) is 4.39. The number of guanidine groups is 1. The number of halogens is 1. The summed E-state index contributed by atoms with van der Waals surface area (Å²) in [7, 11) is 1.70. The summed E-state index contributed by atoms with van der Waals surface area (Å²) in [5, 5.41) is 7.35. The molecule has 0 saturated heterocycles. The molecule has 1 aromatic carbocycles. The topological polar surface area (TPSA) is 45.7 Å². The third-order valence-corrected chi connectivity index (χ3v) is 4.26. The highest BCUT2D eigenvalue weighted by Gasteiger charge is 2.10. The zero-order valence-electron chi connectivity index (χ0n) is 14.3. The van der Waals surface area contributed by atoms with Crippen LogP contribution in [0.1, 0.15) is 31.4 Å². The highest BCUT2D eigenvalue weighted by atomic mass is 35.5. The van der Waals surface area contributed by atoms with Crippen molar-refractivity contribution in [3.63, 3.8) is 0 Å². The van der Waals surface area contributed by atoms with Crippen molar-refractivity contribution in [2.45, 2.75) is 25.9 Å². The van der Waals surface area contributed by atoms with E-state index in [2.05, 4.69) is 28.8 Å². The van der Waals surface area contributed by atoms with Crippen LogP contribution in [0, 0.1) is 0 Å². The Balaban J connectivity index is 2.56. The van der Waals surface area contributed by atoms with Gasteiger partial charge in [-0.1, -0.05) is 23.7 Å². The van der Waals surface area contributed by atoms with Gasteiger partial charge in [0.15, 0.2) is 5.96 Å². The Hall–Kier alpha value is -0.910. The van der Waals surface area contributed by atoms with Gasteiger partial charge in [-0.15, -0.1) is 0 Å². The number of aliphatic imine (C=N–C) groups is 1. The Kier molecular flexibility index (Phi) is 10.9. The first-order valence-corrected chi connectivity index (χ1v) is 9.77. The van der Waals surface area contributed by atoms with Crippen molar-refractivity contribution < 1.29 is 4.74 Å². The van der Waals surface area contributed by atoms with Crippen molar-refractivity contribution in [3.05, 3.63) is 34.9 Å². The second kappa shape index (κ2) is 12.5. The van der Waals surface area contributed by atoms with E-state index in [1.165, 1.54) is 12.2 Å². The van der Waals surface area contributed by atoms with Gasteiger partial charge in [0.1, 0.15) is 6.10 Å². The molecule has 1 rings (SSSR count). The van der Waals surface area contributed by atoms with Crippen LogP contribution in [0.2, 0.25) is 5.02 Å². The third kappa shape index (κ3) is 8.49. The van der Waals surface area contributed by atoms with Gasteiger partial charge in [-0.3, -0.25) is 4.99 Å². The van der Waals surface area contributed by atoms with E-state index >= 15 is 0 Å². The average Bonchev–Trinajstić information content (AvgIpc) is 2.55. The fraction of sp³-hybridized carbons (Fsp3) is 0.588. The maximum absolute atomic E-state index is 6.05. The number of hydrogen-bond donors (Lipinski definition) is 2. The van der Waals surface area contributed by atoms with E-state index in [0.29, 0.717) is 11.6 Å². The molecule has 130 valence electrons. The molecule has 1 aromatic rings. The highest BCUT2D eigenvalue weighted by molar-refractivity contribution is 7.98. The van der Waals surface area contributed by atoms with Crippen molar-refractivity contribution in [2.24, 2.45) is 4.99 Å². The normalized spacial score (nSPS) is 13.0. The fourth-order valence-electron chi connectivity index (χ4n) is 2.12. The molecule has 0 aliphatic rings. The smallest absolute Gasteiger partial charge is 0.191 e. The summed E-state index contributed by atoms with van der Waals surface area (Å²) >= 11 is 7.94. The number of nitrogens with one attached hydrogen (secondary N) is 2. The van der Waals surface area contributed by atoms with Gasteiger partial charge >= 0.3 is 0 Å². The summed E-state index contributed by atoms with van der Waals surface area (Å²) in [6.07, 6.45) is 4.41. The van der Waals surface area contributed by atoms with E-state index in [9.17, 15) is 0 Å². The molecule has 0 aliphatic carbocycles. The molecule has 4 nitrogen and oxygen atoms in total. The molecule has 0 amide bonds. The lowest BCUT2D eigenvalue weighted by Gasteiger charge is -2.16. The minimum atomic E-state index is -0.0966. The predicted octanol–water partition coefficient (Wildman–Crippen LogP) is 3.73. The number of rotatable bonds is 10. The Morgan fingerprint density at radius 3 is 2.83 bits per heavy atom. The van der Waals surface area contributed by atoms with Gasteiger partial charge in [-0.25, -0.2) is 0 Å². The molecule has 0 radical (unpaired) electrons. The third-order valence-electron chi connectivity index (χ3n) is 3.33. The van der Waals surface area contributed by atoms with Gasteiger partial charge < -0.3 is 15.4 Å². The summed E-state index contributed by atoms with van der Waals surface area (Å²) in [5.41, 5.74) is 1.04. The first-order valence-electron chi connectivity index (χ1n) is 8.00. The Labute approximate surface area is 149 Å². The zero-order chi connectivity index (χ0) is 16.9. The number of nitrogens with zero attached hydrogens (tertiary/aromatic N) is 1. The maximum Gasteiger partial charge on any atom is 0.191 e. The van der Waals surface area contributed by atoms with Crippen LogP contribution in [0.3, 0.4) is 0 Å². The van der Waals surface area contributed by atoms with Crippen molar-refractivity contribution in [3.8, 4) is 0 Å². The summed E-state index contributed by atoms with van der Waals surface area (Å²) in [6, 6.07) is 7.73. The van der Waals surface area contributed by atoms with Crippen LogP contribution in [-0.2, 0) is 4.74 Å². The van der Waals surface area contributed by atoms with Crippen LogP contribution < -0.4 is 10.6 Å². The average molecular weight is 358 g/mol. The summed E-state index contributed by atoms with van der Waals surface area (Å²) < 4.78 is 5.55. The molecular weight excluding hydrogens is 330 g/mol. The predicted molar refractivity (Wildman–Crippen MR) is 103 cm³/mol. The molecule has 0 bridgehead atoms. The molecule has 0 saturated carbocycles. The van der Waals surface area contributed by atoms with Gasteiger partial charge in [0, 0.05) is 25.2 Å². The fourth-order valence-corrected chi connectivity index (χ4v) is 2.81. The van der Waals surface area contributed by atoms with Crippen LogP contribution in [0.15, 0.2) is 29.3 Å². The number of ether oxygens (including phenoxy) is 1. The van der Waals surface area contributed by atoms with Gasteiger partial charge in [0.25, 0.3) is 0 Å². The zero-order valence-corrected chi connectivity index (χ0v) is 15.8. The van der Waals surface area contributed by atoms with Gasteiger partial charge in [-0.05, 0) is 49.5 Å². The molecular formula is C17H28ClN3OS. The Morgan fingerprint density at radius 1 is 1.35 bits per heavy atom. The number of methoxy groups -OCH3 is 1. The SMILES string of the molecule is CCNC(=NCC(OC)c1cccc(Cl)c1)NCCCCSC. The molecule has 2 N–H and O–H groups in total. The molecule has 1 atom stereocenters. The van der Waals surface area contributed by atoms with Crippen molar-refractivity contribution >= 4 is 29.3 Å². The minimum absolute atomic E-state index is 0.0966. The molecule has 6 heteroatoms. The Bertz CT molecular complexity index is 471. The monoisotopic (exact) mass is 357 g/mol. The largest absolute Gasteiger partial charge is 0.375 e. The lowest BCUT2D eigenvalue weighted by Crippen LogP contribution is -2.38. The summed E-state index contributed by atoms with van der Waals surface area (Å²) in [5.74, 6) is 2.04. The highest BCUT2D eigenvalue weighted by Crippen LogP contribution is 2.20. The van der Waals surface area contributed by atoms with Crippen molar-refractivity contribution in [1.82, 2.24) is 10.6 Å². The molecule has 0 fully saturated rings. The maximum atomic E-state index is 6.05. The quantitative estimate of drug-likeness (QED) is 0.380. The van der Waals surface area contributed by atoms with Crippen LogP contribution in [-0.4, -0.2) is 44.7 Å². The van der Waals surface area contributed by atoms with Crippen LogP contribution in [0.4, 0.5) is 0 Å². The minimum Gasteiger partial charge on any atom is -0.375 e. The summed E-state index contributed by atoms with van der Waals surface area (Å²) in [4.78, 5) is 4.63. The first-order chi connectivity index (χ1) is 11.2. The van der Waals surface area contributed by atoms with Gasteiger partial charge in [-0.2, -0.15) is 11.8 Å². The second-order valence-corrected chi connectivity index (χ2v) is 6.55. The van der Waals surface area contributed by atoms with Gasteiger partial charge in [0.2, 0.25) is 0 Å². The number of hydrogen-bond acceptors (Lipinski definition) is 3. The molecule has 1 unspecified atom stereocenters. The number of benzene rings is 1. The lowest BCUT2D eigenvalue weighted by molar-refractivity contribution is 0.111. The van der Waals surface area contributed by atoms with E-state index in [-0.39, 0.29) is 6.10 Å². The van der Waals surface area contributed by atoms with E-state index in [0.717, 1.165) is 31.0 Å². The molecule has 0 spiro atoms. The number of unbranched alkanes of at least 4 members (excludes halogenated alkanes) is 1. The van der Waals surface area contributed by atoms with Gasteiger partial charge in [0.05, 0.1) is 6.54 Å². The second-order valence-electron chi connectivity index (χ2n) is 5.13. The van der Waals surface area contributed by atoms with Crippen LogP contribution in [0.5, 0.6) is 0 Å². The van der Waals surface area contributed by atoms with E-state index in [4.69, 9.17) is 16.3 Å².